The number of rotatable bonds is 4. The van der Waals surface area contributed by atoms with Crippen LogP contribution in [0.15, 0.2) is 12.1 Å². The maximum absolute atomic E-state index is 5.64. The molecule has 0 spiro atoms. The summed E-state index contributed by atoms with van der Waals surface area (Å²) in [4.78, 5) is 4.36. The van der Waals surface area contributed by atoms with Crippen molar-refractivity contribution in [3.05, 3.63) is 23.5 Å². The van der Waals surface area contributed by atoms with E-state index in [0.717, 1.165) is 23.7 Å². The van der Waals surface area contributed by atoms with Gasteiger partial charge in [-0.25, -0.2) is 0 Å². The SMILES string of the molecule is CCO[C@H]1COC[C@@H]1Nc1cc(C)nc(C)c1. The van der Waals surface area contributed by atoms with Gasteiger partial charge in [-0.15, -0.1) is 0 Å². The van der Waals surface area contributed by atoms with Crippen molar-refractivity contribution in [2.75, 3.05) is 25.1 Å². The predicted octanol–water partition coefficient (Wildman–Crippen LogP) is 1.91. The third kappa shape index (κ3) is 3.17. The predicted molar refractivity (Wildman–Crippen MR) is 67.4 cm³/mol. The normalized spacial score (nSPS) is 23.9. The first-order chi connectivity index (χ1) is 8.19. The van der Waals surface area contributed by atoms with Crippen LogP contribution in [0, 0.1) is 13.8 Å². The largest absolute Gasteiger partial charge is 0.377 e. The van der Waals surface area contributed by atoms with Gasteiger partial charge < -0.3 is 14.8 Å². The highest BCUT2D eigenvalue weighted by atomic mass is 16.5. The average Bonchev–Trinajstić information content (AvgIpc) is 2.65. The van der Waals surface area contributed by atoms with E-state index in [1.54, 1.807) is 0 Å². The standard InChI is InChI=1S/C13H20N2O2/c1-4-17-13-8-16-7-12(13)15-11-5-9(2)14-10(3)6-11/h5-6,12-13H,4,7-8H2,1-3H3,(H,14,15)/t12-,13-/m0/s1. The van der Waals surface area contributed by atoms with Crippen LogP contribution in [0.2, 0.25) is 0 Å². The van der Waals surface area contributed by atoms with E-state index in [9.17, 15) is 0 Å². The Hall–Kier alpha value is -1.13. The highest BCUT2D eigenvalue weighted by Gasteiger charge is 2.28. The van der Waals surface area contributed by atoms with Gasteiger partial charge in [-0.2, -0.15) is 0 Å². The number of anilines is 1. The molecule has 2 atom stereocenters. The van der Waals surface area contributed by atoms with E-state index in [0.29, 0.717) is 13.2 Å². The Bertz CT molecular complexity index is 361. The summed E-state index contributed by atoms with van der Waals surface area (Å²) in [7, 11) is 0. The number of nitrogens with one attached hydrogen (secondary N) is 1. The van der Waals surface area contributed by atoms with Crippen LogP contribution in [0.3, 0.4) is 0 Å². The van der Waals surface area contributed by atoms with Gasteiger partial charge >= 0.3 is 0 Å². The van der Waals surface area contributed by atoms with Gasteiger partial charge in [0, 0.05) is 23.7 Å². The Labute approximate surface area is 102 Å². The van der Waals surface area contributed by atoms with Crippen LogP contribution < -0.4 is 5.32 Å². The number of nitrogens with zero attached hydrogens (tertiary/aromatic N) is 1. The van der Waals surface area contributed by atoms with Crippen molar-refractivity contribution < 1.29 is 9.47 Å². The quantitative estimate of drug-likeness (QED) is 0.867. The molecule has 0 amide bonds. The summed E-state index contributed by atoms with van der Waals surface area (Å²) in [6.45, 7) is 8.11. The lowest BCUT2D eigenvalue weighted by Gasteiger charge is -2.20. The maximum atomic E-state index is 5.64. The fourth-order valence-corrected chi connectivity index (χ4v) is 2.18. The second-order valence-corrected chi connectivity index (χ2v) is 4.42. The van der Waals surface area contributed by atoms with Gasteiger partial charge in [-0.1, -0.05) is 0 Å². The summed E-state index contributed by atoms with van der Waals surface area (Å²) in [5.74, 6) is 0. The third-order valence-electron chi connectivity index (χ3n) is 2.84. The molecule has 1 N–H and O–H groups in total. The molecule has 0 bridgehead atoms. The zero-order valence-electron chi connectivity index (χ0n) is 10.7. The number of pyridine rings is 1. The molecular weight excluding hydrogens is 216 g/mol. The second-order valence-electron chi connectivity index (χ2n) is 4.42. The number of ether oxygens (including phenoxy) is 2. The molecule has 0 radical (unpaired) electrons. The van der Waals surface area contributed by atoms with E-state index in [-0.39, 0.29) is 12.1 Å². The van der Waals surface area contributed by atoms with E-state index in [4.69, 9.17) is 9.47 Å². The second kappa shape index (κ2) is 5.47. The zero-order valence-corrected chi connectivity index (χ0v) is 10.7. The van der Waals surface area contributed by atoms with Crippen molar-refractivity contribution in [2.45, 2.75) is 32.9 Å². The van der Waals surface area contributed by atoms with Gasteiger partial charge in [0.05, 0.1) is 19.3 Å². The Kier molecular flexibility index (Phi) is 3.97. The highest BCUT2D eigenvalue weighted by molar-refractivity contribution is 5.46. The van der Waals surface area contributed by atoms with Gasteiger partial charge in [-0.3, -0.25) is 4.98 Å². The van der Waals surface area contributed by atoms with Gasteiger partial charge in [-0.05, 0) is 32.9 Å². The highest BCUT2D eigenvalue weighted by Crippen LogP contribution is 2.17. The summed E-state index contributed by atoms with van der Waals surface area (Å²) in [5, 5.41) is 3.47. The molecule has 1 fully saturated rings. The van der Waals surface area contributed by atoms with Crippen LogP contribution in [0.25, 0.3) is 0 Å². The van der Waals surface area contributed by atoms with E-state index in [1.807, 2.05) is 32.9 Å². The molecule has 0 unspecified atom stereocenters. The van der Waals surface area contributed by atoms with Gasteiger partial charge in [0.15, 0.2) is 0 Å². The number of aromatic nitrogens is 1. The van der Waals surface area contributed by atoms with Crippen LogP contribution >= 0.6 is 0 Å². The summed E-state index contributed by atoms with van der Waals surface area (Å²) in [6.07, 6.45) is 0.147. The fraction of sp³-hybridized carbons (Fsp3) is 0.615. The third-order valence-corrected chi connectivity index (χ3v) is 2.84. The molecule has 1 saturated heterocycles. The average molecular weight is 236 g/mol. The molecule has 4 nitrogen and oxygen atoms in total. The van der Waals surface area contributed by atoms with Crippen molar-refractivity contribution in [1.82, 2.24) is 4.98 Å². The van der Waals surface area contributed by atoms with Gasteiger partial charge in [0.1, 0.15) is 6.10 Å². The molecule has 2 rings (SSSR count). The summed E-state index contributed by atoms with van der Waals surface area (Å²) >= 11 is 0. The van der Waals surface area contributed by atoms with Crippen LogP contribution in [0.1, 0.15) is 18.3 Å². The van der Waals surface area contributed by atoms with Crippen LogP contribution in [-0.4, -0.2) is 37.0 Å². The van der Waals surface area contributed by atoms with E-state index in [2.05, 4.69) is 10.3 Å². The topological polar surface area (TPSA) is 43.4 Å². The first kappa shape index (κ1) is 12.3. The zero-order chi connectivity index (χ0) is 12.3. The molecule has 1 aliphatic rings. The number of hydrogen-bond acceptors (Lipinski definition) is 4. The van der Waals surface area contributed by atoms with Crippen LogP contribution in [0.4, 0.5) is 5.69 Å². The smallest absolute Gasteiger partial charge is 0.103 e. The summed E-state index contributed by atoms with van der Waals surface area (Å²) in [5.41, 5.74) is 3.15. The summed E-state index contributed by atoms with van der Waals surface area (Å²) in [6, 6.07) is 4.33. The Morgan fingerprint density at radius 1 is 1.35 bits per heavy atom. The molecule has 17 heavy (non-hydrogen) atoms. The van der Waals surface area contributed by atoms with Crippen molar-refractivity contribution in [2.24, 2.45) is 0 Å². The Balaban J connectivity index is 2.04. The molecule has 0 aliphatic carbocycles. The minimum Gasteiger partial charge on any atom is -0.377 e. The molecule has 4 heteroatoms. The lowest BCUT2D eigenvalue weighted by Crippen LogP contribution is -2.34. The number of aryl methyl sites for hydroxylation is 2. The molecule has 94 valence electrons. The lowest BCUT2D eigenvalue weighted by atomic mass is 10.2. The Morgan fingerprint density at radius 3 is 2.71 bits per heavy atom. The molecule has 1 aromatic heterocycles. The molecule has 1 aromatic rings. The van der Waals surface area contributed by atoms with Crippen molar-refractivity contribution in [1.29, 1.82) is 0 Å². The van der Waals surface area contributed by atoms with Crippen LogP contribution in [-0.2, 0) is 9.47 Å². The monoisotopic (exact) mass is 236 g/mol. The van der Waals surface area contributed by atoms with E-state index in [1.165, 1.54) is 0 Å². The molecule has 0 saturated carbocycles. The minimum atomic E-state index is 0.147. The first-order valence-electron chi connectivity index (χ1n) is 6.10. The number of hydrogen-bond donors (Lipinski definition) is 1. The maximum Gasteiger partial charge on any atom is 0.103 e. The van der Waals surface area contributed by atoms with Gasteiger partial charge in [0.25, 0.3) is 0 Å². The van der Waals surface area contributed by atoms with E-state index < -0.39 is 0 Å². The van der Waals surface area contributed by atoms with Gasteiger partial charge in [0.2, 0.25) is 0 Å². The summed E-state index contributed by atoms with van der Waals surface area (Å²) < 4.78 is 11.1. The van der Waals surface area contributed by atoms with Crippen LogP contribution in [0.5, 0.6) is 0 Å². The lowest BCUT2D eigenvalue weighted by molar-refractivity contribution is 0.0478. The Morgan fingerprint density at radius 2 is 2.06 bits per heavy atom. The fourth-order valence-electron chi connectivity index (χ4n) is 2.18. The molecule has 1 aliphatic heterocycles. The molecule has 0 aromatic carbocycles. The van der Waals surface area contributed by atoms with Crippen molar-refractivity contribution in [3.63, 3.8) is 0 Å². The van der Waals surface area contributed by atoms with Crippen molar-refractivity contribution in [3.8, 4) is 0 Å². The molecular formula is C13H20N2O2. The van der Waals surface area contributed by atoms with E-state index >= 15 is 0 Å². The minimum absolute atomic E-state index is 0.147. The van der Waals surface area contributed by atoms with Crippen molar-refractivity contribution >= 4 is 5.69 Å². The molecule has 2 heterocycles. The first-order valence-corrected chi connectivity index (χ1v) is 6.10.